The van der Waals surface area contributed by atoms with E-state index in [-0.39, 0.29) is 0 Å². The number of unbranched alkanes of at least 4 members (excludes halogenated alkanes) is 6. The molecular weight excluding hydrogens is 307 g/mol. The quantitative estimate of drug-likeness (QED) is 0.213. The van der Waals surface area contributed by atoms with Crippen molar-refractivity contribution in [2.24, 2.45) is 5.92 Å². The fraction of sp³-hybridized carbons (Fsp3) is 0.867. The molecule has 0 heterocycles. The van der Waals surface area contributed by atoms with Crippen molar-refractivity contribution in [2.75, 3.05) is 0 Å². The van der Waals surface area contributed by atoms with Crippen molar-refractivity contribution in [2.45, 2.75) is 75.6 Å². The zero-order chi connectivity index (χ0) is 11.8. The second-order valence-corrected chi connectivity index (χ2v) is 7.09. The summed E-state index contributed by atoms with van der Waals surface area (Å²) in [6.45, 7) is 4.39. The molecule has 1 fully saturated rings. The maximum absolute atomic E-state index is 2.60. The summed E-state index contributed by atoms with van der Waals surface area (Å²) in [5.41, 5.74) is 1.47. The van der Waals surface area contributed by atoms with Crippen LogP contribution in [0.2, 0.25) is 0 Å². The molecule has 0 unspecified atom stereocenters. The first-order chi connectivity index (χ1) is 7.70. The van der Waals surface area contributed by atoms with E-state index in [2.05, 4.69) is 42.5 Å². The second kappa shape index (κ2) is 8.54. The van der Waals surface area contributed by atoms with Gasteiger partial charge < -0.3 is 0 Å². The van der Waals surface area contributed by atoms with Gasteiger partial charge in [0, 0.05) is 3.92 Å². The predicted octanol–water partition coefficient (Wildman–Crippen LogP) is 5.90. The van der Waals surface area contributed by atoms with Gasteiger partial charge in [-0.3, -0.25) is 0 Å². The fourth-order valence-electron chi connectivity index (χ4n) is 2.16. The Balaban J connectivity index is 1.73. The second-order valence-electron chi connectivity index (χ2n) is 5.49. The monoisotopic (exact) mass is 334 g/mol. The van der Waals surface area contributed by atoms with Crippen LogP contribution in [-0.2, 0) is 0 Å². The number of alkyl halides is 1. The van der Waals surface area contributed by atoms with E-state index in [9.17, 15) is 0 Å². The molecule has 94 valence electrons. The molecule has 1 aliphatic carbocycles. The van der Waals surface area contributed by atoms with Gasteiger partial charge in [0.1, 0.15) is 0 Å². The Kier molecular flexibility index (Phi) is 7.76. The van der Waals surface area contributed by atoms with Gasteiger partial charge in [-0.1, -0.05) is 66.3 Å². The van der Waals surface area contributed by atoms with Crippen LogP contribution in [0.5, 0.6) is 0 Å². The molecular formula is C15H27I. The van der Waals surface area contributed by atoms with Crippen molar-refractivity contribution >= 4 is 22.6 Å². The highest BCUT2D eigenvalue weighted by Crippen LogP contribution is 2.41. The zero-order valence-corrected chi connectivity index (χ0v) is 13.1. The summed E-state index contributed by atoms with van der Waals surface area (Å²) in [4.78, 5) is 0. The molecule has 1 rings (SSSR count). The molecule has 0 radical (unpaired) electrons. The van der Waals surface area contributed by atoms with Gasteiger partial charge >= 0.3 is 0 Å². The van der Waals surface area contributed by atoms with Crippen LogP contribution in [0.4, 0.5) is 0 Å². The van der Waals surface area contributed by atoms with Gasteiger partial charge in [0.15, 0.2) is 0 Å². The first-order valence-electron chi connectivity index (χ1n) is 6.97. The van der Waals surface area contributed by atoms with Gasteiger partial charge in [-0.15, -0.1) is 0 Å². The van der Waals surface area contributed by atoms with Gasteiger partial charge in [0.2, 0.25) is 0 Å². The highest BCUT2D eigenvalue weighted by atomic mass is 127. The molecule has 1 aliphatic rings. The van der Waals surface area contributed by atoms with Crippen LogP contribution in [0.1, 0.15) is 71.6 Å². The molecule has 0 saturated heterocycles. The van der Waals surface area contributed by atoms with Gasteiger partial charge in [-0.05, 0) is 45.4 Å². The van der Waals surface area contributed by atoms with E-state index in [1.165, 1.54) is 63.4 Å². The first-order valence-corrected chi connectivity index (χ1v) is 8.22. The van der Waals surface area contributed by atoms with Crippen LogP contribution in [0, 0.1) is 5.92 Å². The third kappa shape index (κ3) is 7.70. The summed E-state index contributed by atoms with van der Waals surface area (Å²) in [5.74, 6) is 1.10. The van der Waals surface area contributed by atoms with E-state index in [1.54, 1.807) is 0 Å². The maximum atomic E-state index is 2.60. The molecule has 16 heavy (non-hydrogen) atoms. The van der Waals surface area contributed by atoms with Crippen molar-refractivity contribution in [1.82, 2.24) is 0 Å². The SMILES string of the molecule is CC(C)=CCCCCCCCC[C@@H]1C[C@H]1I. The van der Waals surface area contributed by atoms with E-state index in [1.807, 2.05) is 0 Å². The Labute approximate surface area is 115 Å². The average molecular weight is 334 g/mol. The summed E-state index contributed by atoms with van der Waals surface area (Å²) in [6, 6.07) is 0. The van der Waals surface area contributed by atoms with Crippen molar-refractivity contribution in [3.05, 3.63) is 11.6 Å². The Hall–Kier alpha value is 0.470. The normalized spacial score (nSPS) is 23.2. The molecule has 0 bridgehead atoms. The van der Waals surface area contributed by atoms with Crippen LogP contribution in [-0.4, -0.2) is 3.92 Å². The summed E-state index contributed by atoms with van der Waals surface area (Å²) >= 11 is 2.60. The third-order valence-corrected chi connectivity index (χ3v) is 4.94. The number of allylic oxidation sites excluding steroid dienone is 2. The predicted molar refractivity (Wildman–Crippen MR) is 82.3 cm³/mol. The Bertz CT molecular complexity index is 203. The molecule has 0 aromatic heterocycles. The lowest BCUT2D eigenvalue weighted by molar-refractivity contribution is 0.564. The van der Waals surface area contributed by atoms with E-state index >= 15 is 0 Å². The minimum atomic E-state index is 1.03. The van der Waals surface area contributed by atoms with Crippen LogP contribution in [0.15, 0.2) is 11.6 Å². The summed E-state index contributed by atoms with van der Waals surface area (Å²) in [7, 11) is 0. The van der Waals surface area contributed by atoms with Crippen molar-refractivity contribution in [3.63, 3.8) is 0 Å². The van der Waals surface area contributed by atoms with Gasteiger partial charge in [-0.25, -0.2) is 0 Å². The Morgan fingerprint density at radius 1 is 1.06 bits per heavy atom. The Morgan fingerprint density at radius 2 is 1.62 bits per heavy atom. The van der Waals surface area contributed by atoms with Crippen LogP contribution in [0.3, 0.4) is 0 Å². The minimum absolute atomic E-state index is 1.03. The van der Waals surface area contributed by atoms with Crippen molar-refractivity contribution < 1.29 is 0 Å². The van der Waals surface area contributed by atoms with Crippen LogP contribution >= 0.6 is 22.6 Å². The largest absolute Gasteiger partial charge is 0.0859 e. The number of hydrogen-bond donors (Lipinski definition) is 0. The highest BCUT2D eigenvalue weighted by molar-refractivity contribution is 14.1. The smallest absolute Gasteiger partial charge is 0.0141 e. The topological polar surface area (TPSA) is 0 Å². The number of halogens is 1. The van der Waals surface area contributed by atoms with Crippen LogP contribution < -0.4 is 0 Å². The zero-order valence-electron chi connectivity index (χ0n) is 11.0. The average Bonchev–Trinajstić information content (AvgIpc) is 2.92. The first kappa shape index (κ1) is 14.5. The third-order valence-electron chi connectivity index (χ3n) is 3.42. The fourth-order valence-corrected chi connectivity index (χ4v) is 3.17. The molecule has 0 aliphatic heterocycles. The van der Waals surface area contributed by atoms with Gasteiger partial charge in [-0.2, -0.15) is 0 Å². The van der Waals surface area contributed by atoms with Crippen molar-refractivity contribution in [1.29, 1.82) is 0 Å². The van der Waals surface area contributed by atoms with E-state index in [0.717, 1.165) is 9.84 Å². The minimum Gasteiger partial charge on any atom is -0.0859 e. The summed E-state index contributed by atoms with van der Waals surface area (Å²) in [5, 5.41) is 0. The van der Waals surface area contributed by atoms with Crippen molar-refractivity contribution in [3.8, 4) is 0 Å². The van der Waals surface area contributed by atoms with Gasteiger partial charge in [0.05, 0.1) is 0 Å². The number of rotatable bonds is 9. The molecule has 0 N–H and O–H groups in total. The lowest BCUT2D eigenvalue weighted by Gasteiger charge is -2.00. The summed E-state index contributed by atoms with van der Waals surface area (Å²) in [6.07, 6.45) is 15.4. The van der Waals surface area contributed by atoms with Gasteiger partial charge in [0.25, 0.3) is 0 Å². The lowest BCUT2D eigenvalue weighted by atomic mass is 10.1. The van der Waals surface area contributed by atoms with Crippen LogP contribution in [0.25, 0.3) is 0 Å². The summed E-state index contributed by atoms with van der Waals surface area (Å²) < 4.78 is 1.03. The molecule has 0 amide bonds. The highest BCUT2D eigenvalue weighted by Gasteiger charge is 2.33. The molecule has 0 aromatic carbocycles. The molecule has 2 atom stereocenters. The standard InChI is InChI=1S/C15H27I/c1-13(2)10-8-6-4-3-5-7-9-11-14-12-15(14)16/h10,14-15H,3-9,11-12H2,1-2H3/t14-,15-/m1/s1. The van der Waals surface area contributed by atoms with E-state index in [0.29, 0.717) is 0 Å². The molecule has 1 saturated carbocycles. The maximum Gasteiger partial charge on any atom is 0.0141 e. The molecule has 1 heteroatoms. The van der Waals surface area contributed by atoms with E-state index in [4.69, 9.17) is 0 Å². The van der Waals surface area contributed by atoms with E-state index < -0.39 is 0 Å². The molecule has 0 spiro atoms. The molecule has 0 aromatic rings. The lowest BCUT2D eigenvalue weighted by Crippen LogP contribution is -1.83. The Morgan fingerprint density at radius 3 is 2.19 bits per heavy atom. The number of hydrogen-bond acceptors (Lipinski definition) is 0. The molecule has 0 nitrogen and oxygen atoms in total.